The zero-order chi connectivity index (χ0) is 18.2. The second kappa shape index (κ2) is 9.89. The Balaban J connectivity index is 1.86. The number of nitrogens with zero attached hydrogens (tertiary/aromatic N) is 1. The Kier molecular flexibility index (Phi) is 7.27. The molecule has 4 heteroatoms. The summed E-state index contributed by atoms with van der Waals surface area (Å²) in [6.07, 6.45) is 2.37. The molecule has 0 N–H and O–H groups in total. The van der Waals surface area contributed by atoms with E-state index in [1.54, 1.807) is 0 Å². The molecule has 0 fully saturated rings. The molecule has 0 spiro atoms. The van der Waals surface area contributed by atoms with Crippen LogP contribution in [0.1, 0.15) is 36.8 Å². The molecule has 0 aliphatic rings. The molecule has 26 heavy (non-hydrogen) atoms. The first-order valence-corrected chi connectivity index (χ1v) is 11.3. The maximum atomic E-state index is 6.22. The molecule has 3 rings (SSSR count). The van der Waals surface area contributed by atoms with Gasteiger partial charge in [-0.3, -0.25) is 0 Å². The van der Waals surface area contributed by atoms with Gasteiger partial charge in [0.05, 0.1) is 10.1 Å². The number of para-hydroxylation sites is 2. The van der Waals surface area contributed by atoms with Gasteiger partial charge in [0.15, 0.2) is 0 Å². The molecule has 1 aromatic heterocycles. The van der Waals surface area contributed by atoms with Crippen molar-refractivity contribution < 1.29 is 4.74 Å². The lowest BCUT2D eigenvalue weighted by Crippen LogP contribution is -1.98. The van der Waals surface area contributed by atoms with E-state index >= 15 is 0 Å². The minimum absolute atomic E-state index is 0.395. The van der Waals surface area contributed by atoms with E-state index in [-0.39, 0.29) is 0 Å². The molecule has 0 bridgehead atoms. The van der Waals surface area contributed by atoms with Crippen LogP contribution in [0.5, 0.6) is 11.6 Å². The lowest BCUT2D eigenvalue weighted by Gasteiger charge is -2.19. The summed E-state index contributed by atoms with van der Waals surface area (Å²) >= 11 is 4.01. The SMILES string of the molecule is CCCSC(SCCC)c1ccccc1Oc1ccc2ccccc2n1. The fraction of sp³-hybridized carbons (Fsp3) is 0.318. The molecular formula is C22H25NOS2. The maximum absolute atomic E-state index is 6.22. The van der Waals surface area contributed by atoms with Crippen molar-refractivity contribution in [1.82, 2.24) is 4.98 Å². The Hall–Kier alpha value is -1.65. The highest BCUT2D eigenvalue weighted by Crippen LogP contribution is 2.44. The van der Waals surface area contributed by atoms with Gasteiger partial charge in [0.25, 0.3) is 0 Å². The standard InChI is InChI=1S/C22H25NOS2/c1-3-15-25-22(26-16-4-2)18-10-6-8-12-20(18)24-21-14-13-17-9-5-7-11-19(17)23-21/h5-14,22H,3-4,15-16H2,1-2H3. The predicted molar refractivity (Wildman–Crippen MR) is 116 cm³/mol. The molecule has 0 saturated heterocycles. The predicted octanol–water partition coefficient (Wildman–Crippen LogP) is 7.31. The van der Waals surface area contributed by atoms with E-state index in [1.807, 2.05) is 53.9 Å². The summed E-state index contributed by atoms with van der Waals surface area (Å²) in [6.45, 7) is 4.46. The van der Waals surface area contributed by atoms with Gasteiger partial charge >= 0.3 is 0 Å². The van der Waals surface area contributed by atoms with Crippen LogP contribution in [-0.4, -0.2) is 16.5 Å². The monoisotopic (exact) mass is 383 g/mol. The molecule has 136 valence electrons. The first-order chi connectivity index (χ1) is 12.8. The fourth-order valence-electron chi connectivity index (χ4n) is 2.66. The van der Waals surface area contributed by atoms with Crippen LogP contribution in [0.15, 0.2) is 60.7 Å². The summed E-state index contributed by atoms with van der Waals surface area (Å²) in [5, 5.41) is 1.13. The van der Waals surface area contributed by atoms with E-state index in [1.165, 1.54) is 18.4 Å². The quantitative estimate of drug-likeness (QED) is 0.361. The summed E-state index contributed by atoms with van der Waals surface area (Å²) in [5.41, 5.74) is 2.21. The van der Waals surface area contributed by atoms with Crippen LogP contribution in [0.3, 0.4) is 0 Å². The Morgan fingerprint density at radius 3 is 2.31 bits per heavy atom. The van der Waals surface area contributed by atoms with Crippen molar-refractivity contribution >= 4 is 34.4 Å². The van der Waals surface area contributed by atoms with Crippen LogP contribution >= 0.6 is 23.5 Å². The average molecular weight is 384 g/mol. The molecule has 0 radical (unpaired) electrons. The molecule has 0 aliphatic carbocycles. The van der Waals surface area contributed by atoms with Gasteiger partial charge in [-0.25, -0.2) is 4.98 Å². The third-order valence-corrected chi connectivity index (χ3v) is 7.12. The van der Waals surface area contributed by atoms with E-state index in [9.17, 15) is 0 Å². The highest BCUT2D eigenvalue weighted by atomic mass is 32.2. The second-order valence-electron chi connectivity index (χ2n) is 6.06. The number of fused-ring (bicyclic) bond motifs is 1. The third-order valence-electron chi connectivity index (χ3n) is 3.91. The highest BCUT2D eigenvalue weighted by Gasteiger charge is 2.17. The topological polar surface area (TPSA) is 22.1 Å². The van der Waals surface area contributed by atoms with Gasteiger partial charge in [0, 0.05) is 17.0 Å². The normalized spacial score (nSPS) is 11.2. The third kappa shape index (κ3) is 4.95. The van der Waals surface area contributed by atoms with Crippen molar-refractivity contribution in [2.24, 2.45) is 0 Å². The number of thioether (sulfide) groups is 2. The minimum Gasteiger partial charge on any atom is -0.439 e. The van der Waals surface area contributed by atoms with Crippen LogP contribution in [0.4, 0.5) is 0 Å². The lowest BCUT2D eigenvalue weighted by atomic mass is 10.2. The molecule has 2 aromatic carbocycles. The Morgan fingerprint density at radius 2 is 1.54 bits per heavy atom. The number of aromatic nitrogens is 1. The van der Waals surface area contributed by atoms with Crippen LogP contribution in [0.25, 0.3) is 10.9 Å². The van der Waals surface area contributed by atoms with Crippen LogP contribution in [-0.2, 0) is 0 Å². The van der Waals surface area contributed by atoms with Crippen LogP contribution < -0.4 is 4.74 Å². The average Bonchev–Trinajstić information content (AvgIpc) is 2.69. The molecule has 2 nitrogen and oxygen atoms in total. The summed E-state index contributed by atoms with van der Waals surface area (Å²) in [5.74, 6) is 3.87. The van der Waals surface area contributed by atoms with Crippen molar-refractivity contribution in [3.63, 3.8) is 0 Å². The molecular weight excluding hydrogens is 358 g/mol. The zero-order valence-electron chi connectivity index (χ0n) is 15.4. The van der Waals surface area contributed by atoms with Gasteiger partial charge in [-0.2, -0.15) is 0 Å². The Labute approximate surface area is 164 Å². The zero-order valence-corrected chi connectivity index (χ0v) is 17.0. The Morgan fingerprint density at radius 1 is 0.846 bits per heavy atom. The second-order valence-corrected chi connectivity index (χ2v) is 8.78. The van der Waals surface area contributed by atoms with Crippen molar-refractivity contribution in [3.8, 4) is 11.6 Å². The number of pyridine rings is 1. The Bertz CT molecular complexity index is 829. The van der Waals surface area contributed by atoms with Crippen molar-refractivity contribution in [3.05, 3.63) is 66.2 Å². The number of hydrogen-bond donors (Lipinski definition) is 0. The first-order valence-electron chi connectivity index (χ1n) is 9.17. The van der Waals surface area contributed by atoms with E-state index in [0.29, 0.717) is 10.5 Å². The van der Waals surface area contributed by atoms with E-state index in [4.69, 9.17) is 4.74 Å². The molecule has 1 heterocycles. The van der Waals surface area contributed by atoms with Gasteiger partial charge in [-0.15, -0.1) is 23.5 Å². The number of rotatable bonds is 9. The molecule has 0 aliphatic heterocycles. The van der Waals surface area contributed by atoms with Gasteiger partial charge in [-0.05, 0) is 42.5 Å². The number of ether oxygens (including phenoxy) is 1. The fourth-order valence-corrected chi connectivity index (χ4v) is 5.27. The van der Waals surface area contributed by atoms with Gasteiger partial charge < -0.3 is 4.74 Å². The molecule has 0 saturated carbocycles. The highest BCUT2D eigenvalue weighted by molar-refractivity contribution is 8.16. The minimum atomic E-state index is 0.395. The molecule has 0 amide bonds. The summed E-state index contributed by atoms with van der Waals surface area (Å²) in [7, 11) is 0. The van der Waals surface area contributed by atoms with E-state index < -0.39 is 0 Å². The number of hydrogen-bond acceptors (Lipinski definition) is 4. The van der Waals surface area contributed by atoms with E-state index in [2.05, 4.69) is 49.2 Å². The summed E-state index contributed by atoms with van der Waals surface area (Å²) in [4.78, 5) is 4.66. The van der Waals surface area contributed by atoms with Crippen LogP contribution in [0, 0.1) is 0 Å². The first kappa shape index (κ1) is 19.1. The lowest BCUT2D eigenvalue weighted by molar-refractivity contribution is 0.461. The summed E-state index contributed by atoms with van der Waals surface area (Å²) < 4.78 is 6.62. The van der Waals surface area contributed by atoms with Crippen LogP contribution in [0.2, 0.25) is 0 Å². The van der Waals surface area contributed by atoms with Crippen molar-refractivity contribution in [2.75, 3.05) is 11.5 Å². The largest absolute Gasteiger partial charge is 0.439 e. The molecule has 0 unspecified atom stereocenters. The van der Waals surface area contributed by atoms with Crippen molar-refractivity contribution in [1.29, 1.82) is 0 Å². The number of benzene rings is 2. The summed E-state index contributed by atoms with van der Waals surface area (Å²) in [6, 6.07) is 20.5. The van der Waals surface area contributed by atoms with Gasteiger partial charge in [0.1, 0.15) is 5.75 Å². The smallest absolute Gasteiger partial charge is 0.219 e. The van der Waals surface area contributed by atoms with Gasteiger partial charge in [0.2, 0.25) is 5.88 Å². The molecule has 3 aromatic rings. The molecule has 0 atom stereocenters. The van der Waals surface area contributed by atoms with Crippen molar-refractivity contribution in [2.45, 2.75) is 31.3 Å². The maximum Gasteiger partial charge on any atom is 0.219 e. The van der Waals surface area contributed by atoms with E-state index in [0.717, 1.165) is 28.2 Å². The van der Waals surface area contributed by atoms with Gasteiger partial charge in [-0.1, -0.05) is 50.2 Å².